The zero-order valence-corrected chi connectivity index (χ0v) is 15.1. The maximum Gasteiger partial charge on any atom is 0.194 e. The van der Waals surface area contributed by atoms with Crippen LogP contribution in [-0.2, 0) is 6.54 Å². The first-order valence-electron chi connectivity index (χ1n) is 7.48. The lowest BCUT2D eigenvalue weighted by molar-refractivity contribution is 0.0572. The van der Waals surface area contributed by atoms with Gasteiger partial charge >= 0.3 is 0 Å². The number of halogens is 1. The maximum atomic E-state index is 10.4. The van der Waals surface area contributed by atoms with Gasteiger partial charge in [0.15, 0.2) is 5.96 Å². The Kier molecular flexibility index (Phi) is 6.08. The van der Waals surface area contributed by atoms with Crippen molar-refractivity contribution in [2.24, 2.45) is 4.99 Å². The van der Waals surface area contributed by atoms with Crippen LogP contribution < -0.4 is 5.32 Å². The Bertz CT molecular complexity index is 483. The lowest BCUT2D eigenvalue weighted by Crippen LogP contribution is -2.40. The summed E-state index contributed by atoms with van der Waals surface area (Å²) in [5, 5.41) is 13.7. The van der Waals surface area contributed by atoms with Gasteiger partial charge in [-0.15, -0.1) is 11.3 Å². The summed E-state index contributed by atoms with van der Waals surface area (Å²) in [5.41, 5.74) is -0.590. The Balaban J connectivity index is 1.99. The van der Waals surface area contributed by atoms with Crippen LogP contribution in [0.4, 0.5) is 0 Å². The Labute approximate surface area is 139 Å². The number of aliphatic imine (C=N–C) groups is 1. The Morgan fingerprint density at radius 2 is 2.19 bits per heavy atom. The van der Waals surface area contributed by atoms with Crippen molar-refractivity contribution in [3.8, 4) is 0 Å². The smallest absolute Gasteiger partial charge is 0.194 e. The molecule has 1 fully saturated rings. The summed E-state index contributed by atoms with van der Waals surface area (Å²) in [6.45, 7) is 4.21. The predicted molar refractivity (Wildman–Crippen MR) is 92.9 cm³/mol. The standard InChI is InChI=1S/C15H24BrN3OS/c1-3-17-14(18-11-15(20)8-4-5-9-15)19(2)10-12-6-7-13(16)21-12/h6-7,20H,3-5,8-11H2,1-2H3,(H,17,18). The van der Waals surface area contributed by atoms with E-state index in [9.17, 15) is 5.11 Å². The van der Waals surface area contributed by atoms with Crippen molar-refractivity contribution in [2.75, 3.05) is 20.1 Å². The molecule has 0 saturated heterocycles. The lowest BCUT2D eigenvalue weighted by Gasteiger charge is -2.24. The first-order chi connectivity index (χ1) is 10.0. The molecule has 1 aliphatic carbocycles. The molecule has 0 aliphatic heterocycles. The van der Waals surface area contributed by atoms with Crippen LogP contribution in [0.25, 0.3) is 0 Å². The fraction of sp³-hybridized carbons (Fsp3) is 0.667. The van der Waals surface area contributed by atoms with Crippen LogP contribution >= 0.6 is 27.3 Å². The third kappa shape index (κ3) is 4.97. The van der Waals surface area contributed by atoms with E-state index in [1.807, 2.05) is 7.05 Å². The van der Waals surface area contributed by atoms with E-state index in [-0.39, 0.29) is 0 Å². The van der Waals surface area contributed by atoms with Gasteiger partial charge in [0.25, 0.3) is 0 Å². The average Bonchev–Trinajstić information content (AvgIpc) is 3.04. The third-order valence-electron chi connectivity index (χ3n) is 3.78. The third-order valence-corrected chi connectivity index (χ3v) is 5.38. The summed E-state index contributed by atoms with van der Waals surface area (Å²) in [6, 6.07) is 4.19. The second-order valence-corrected chi connectivity index (χ2v) is 8.21. The molecule has 0 amide bonds. The van der Waals surface area contributed by atoms with Crippen LogP contribution in [0.3, 0.4) is 0 Å². The Morgan fingerprint density at radius 1 is 1.48 bits per heavy atom. The molecule has 0 bridgehead atoms. The van der Waals surface area contributed by atoms with E-state index in [4.69, 9.17) is 0 Å². The first kappa shape index (κ1) is 16.8. The molecule has 118 valence electrons. The van der Waals surface area contributed by atoms with E-state index in [2.05, 4.69) is 50.2 Å². The molecule has 4 nitrogen and oxygen atoms in total. The fourth-order valence-electron chi connectivity index (χ4n) is 2.63. The van der Waals surface area contributed by atoms with Crippen molar-refractivity contribution in [3.63, 3.8) is 0 Å². The van der Waals surface area contributed by atoms with Gasteiger partial charge in [-0.05, 0) is 47.8 Å². The zero-order valence-electron chi connectivity index (χ0n) is 12.7. The quantitative estimate of drug-likeness (QED) is 0.615. The first-order valence-corrected chi connectivity index (χ1v) is 9.09. The number of nitrogens with zero attached hydrogens (tertiary/aromatic N) is 2. The Morgan fingerprint density at radius 3 is 2.76 bits per heavy atom. The van der Waals surface area contributed by atoms with Gasteiger partial charge in [-0.25, -0.2) is 0 Å². The van der Waals surface area contributed by atoms with Crippen molar-refractivity contribution >= 4 is 33.2 Å². The molecule has 6 heteroatoms. The summed E-state index contributed by atoms with van der Waals surface area (Å²) in [5.74, 6) is 0.863. The molecule has 0 aromatic carbocycles. The lowest BCUT2D eigenvalue weighted by atomic mass is 10.0. The normalized spacial score (nSPS) is 18.0. The number of guanidine groups is 1. The second-order valence-electron chi connectivity index (χ2n) is 5.66. The van der Waals surface area contributed by atoms with Crippen LogP contribution in [0.2, 0.25) is 0 Å². The molecule has 1 aromatic heterocycles. The van der Waals surface area contributed by atoms with E-state index in [0.717, 1.165) is 48.5 Å². The average molecular weight is 374 g/mol. The molecule has 2 N–H and O–H groups in total. The van der Waals surface area contributed by atoms with Crippen molar-refractivity contribution in [3.05, 3.63) is 20.8 Å². The summed E-state index contributed by atoms with van der Waals surface area (Å²) < 4.78 is 1.15. The number of hydrogen-bond donors (Lipinski definition) is 2. The van der Waals surface area contributed by atoms with E-state index in [1.165, 1.54) is 4.88 Å². The van der Waals surface area contributed by atoms with Gasteiger partial charge in [-0.3, -0.25) is 4.99 Å². The largest absolute Gasteiger partial charge is 0.388 e. The molecule has 1 saturated carbocycles. The van der Waals surface area contributed by atoms with Gasteiger partial charge in [0, 0.05) is 18.5 Å². The Hall–Kier alpha value is -0.590. The molecule has 0 radical (unpaired) electrons. The van der Waals surface area contributed by atoms with E-state index in [1.54, 1.807) is 11.3 Å². The van der Waals surface area contributed by atoms with E-state index >= 15 is 0 Å². The second kappa shape index (κ2) is 7.61. The van der Waals surface area contributed by atoms with Gasteiger partial charge in [0.2, 0.25) is 0 Å². The zero-order chi connectivity index (χ0) is 15.3. The minimum Gasteiger partial charge on any atom is -0.388 e. The van der Waals surface area contributed by atoms with Gasteiger partial charge in [0.05, 0.1) is 22.5 Å². The number of nitrogens with one attached hydrogen (secondary N) is 1. The summed E-state index contributed by atoms with van der Waals surface area (Å²) in [4.78, 5) is 8.04. The topological polar surface area (TPSA) is 47.9 Å². The molecule has 21 heavy (non-hydrogen) atoms. The highest BCUT2D eigenvalue weighted by Crippen LogP contribution is 2.29. The molecule has 0 atom stereocenters. The van der Waals surface area contributed by atoms with Crippen LogP contribution in [0.15, 0.2) is 20.9 Å². The molecular formula is C15H24BrN3OS. The SMILES string of the molecule is CCNC(=NCC1(O)CCCC1)N(C)Cc1ccc(Br)s1. The van der Waals surface area contributed by atoms with Crippen LogP contribution in [-0.4, -0.2) is 41.7 Å². The highest BCUT2D eigenvalue weighted by molar-refractivity contribution is 9.11. The van der Waals surface area contributed by atoms with Crippen LogP contribution in [0.1, 0.15) is 37.5 Å². The molecule has 1 heterocycles. The number of aliphatic hydroxyl groups is 1. The van der Waals surface area contributed by atoms with E-state index < -0.39 is 5.60 Å². The maximum absolute atomic E-state index is 10.4. The molecule has 0 unspecified atom stereocenters. The van der Waals surface area contributed by atoms with Crippen molar-refractivity contribution in [2.45, 2.75) is 44.8 Å². The summed E-state index contributed by atoms with van der Waals surface area (Å²) in [6.07, 6.45) is 3.97. The molecular weight excluding hydrogens is 350 g/mol. The highest BCUT2D eigenvalue weighted by atomic mass is 79.9. The monoisotopic (exact) mass is 373 g/mol. The van der Waals surface area contributed by atoms with Crippen LogP contribution in [0, 0.1) is 0 Å². The molecule has 1 aliphatic rings. The van der Waals surface area contributed by atoms with Crippen molar-refractivity contribution < 1.29 is 5.11 Å². The number of rotatable bonds is 5. The van der Waals surface area contributed by atoms with Crippen molar-refractivity contribution in [1.29, 1.82) is 0 Å². The molecule has 2 rings (SSSR count). The van der Waals surface area contributed by atoms with E-state index in [0.29, 0.717) is 6.54 Å². The summed E-state index contributed by atoms with van der Waals surface area (Å²) in [7, 11) is 2.04. The van der Waals surface area contributed by atoms with Gasteiger partial charge in [0.1, 0.15) is 0 Å². The predicted octanol–water partition coefficient (Wildman–Crippen LogP) is 3.21. The number of thiophene rings is 1. The van der Waals surface area contributed by atoms with Gasteiger partial charge < -0.3 is 15.3 Å². The molecule has 1 aromatic rings. The highest BCUT2D eigenvalue weighted by Gasteiger charge is 2.30. The fourth-order valence-corrected chi connectivity index (χ4v) is 4.17. The van der Waals surface area contributed by atoms with Crippen LogP contribution in [0.5, 0.6) is 0 Å². The minimum atomic E-state index is -0.590. The minimum absolute atomic E-state index is 0.494. The number of hydrogen-bond acceptors (Lipinski definition) is 3. The van der Waals surface area contributed by atoms with Gasteiger partial charge in [-0.2, -0.15) is 0 Å². The summed E-state index contributed by atoms with van der Waals surface area (Å²) >= 11 is 5.23. The van der Waals surface area contributed by atoms with Gasteiger partial charge in [-0.1, -0.05) is 12.8 Å². The van der Waals surface area contributed by atoms with Crippen molar-refractivity contribution in [1.82, 2.24) is 10.2 Å². The molecule has 0 spiro atoms.